The molecule has 0 aromatic carbocycles. The maximum atomic E-state index is 10.5. The SMILES string of the molecule is CCO/C(CC(C)C)=C(\C)C(=O)[O-]. The van der Waals surface area contributed by atoms with Crippen molar-refractivity contribution in [2.45, 2.75) is 34.1 Å². The van der Waals surface area contributed by atoms with Gasteiger partial charge in [-0.1, -0.05) is 13.8 Å². The van der Waals surface area contributed by atoms with E-state index < -0.39 is 5.97 Å². The number of hydrogen-bond acceptors (Lipinski definition) is 3. The van der Waals surface area contributed by atoms with Crippen molar-refractivity contribution >= 4 is 5.97 Å². The third kappa shape index (κ3) is 4.55. The van der Waals surface area contributed by atoms with E-state index in [0.29, 0.717) is 24.7 Å². The fourth-order valence-electron chi connectivity index (χ4n) is 0.979. The fourth-order valence-corrected chi connectivity index (χ4v) is 0.979. The monoisotopic (exact) mass is 185 g/mol. The molecule has 0 saturated heterocycles. The Bertz CT molecular complexity index is 204. The topological polar surface area (TPSA) is 49.4 Å². The summed E-state index contributed by atoms with van der Waals surface area (Å²) in [5.41, 5.74) is 0.204. The van der Waals surface area contributed by atoms with Gasteiger partial charge in [-0.2, -0.15) is 0 Å². The number of carbonyl (C=O) groups is 1. The highest BCUT2D eigenvalue weighted by atomic mass is 16.5. The van der Waals surface area contributed by atoms with E-state index in [2.05, 4.69) is 0 Å². The van der Waals surface area contributed by atoms with Crippen LogP contribution in [0.2, 0.25) is 0 Å². The molecule has 0 spiro atoms. The largest absolute Gasteiger partial charge is 0.545 e. The number of carbonyl (C=O) groups excluding carboxylic acids is 1. The molecule has 0 unspecified atom stereocenters. The minimum atomic E-state index is -1.15. The smallest absolute Gasteiger partial charge is 0.101 e. The first kappa shape index (κ1) is 12.0. The maximum absolute atomic E-state index is 10.5. The van der Waals surface area contributed by atoms with Crippen LogP contribution in [0.3, 0.4) is 0 Å². The van der Waals surface area contributed by atoms with Crippen molar-refractivity contribution in [3.8, 4) is 0 Å². The molecule has 3 heteroatoms. The zero-order valence-corrected chi connectivity index (χ0v) is 8.72. The minimum absolute atomic E-state index is 0.204. The van der Waals surface area contributed by atoms with E-state index in [0.717, 1.165) is 0 Å². The van der Waals surface area contributed by atoms with Crippen LogP contribution in [0.1, 0.15) is 34.1 Å². The van der Waals surface area contributed by atoms with Crippen LogP contribution in [0.5, 0.6) is 0 Å². The number of allylic oxidation sites excluding steroid dienone is 1. The zero-order chi connectivity index (χ0) is 10.4. The molecule has 0 aliphatic rings. The van der Waals surface area contributed by atoms with Crippen LogP contribution in [0.4, 0.5) is 0 Å². The normalized spacial score (nSPS) is 12.7. The Kier molecular flexibility index (Phi) is 5.19. The molecule has 13 heavy (non-hydrogen) atoms. The summed E-state index contributed by atoms with van der Waals surface area (Å²) in [7, 11) is 0. The van der Waals surface area contributed by atoms with E-state index in [4.69, 9.17) is 4.74 Å². The molecule has 0 aromatic heterocycles. The van der Waals surface area contributed by atoms with Crippen molar-refractivity contribution in [1.29, 1.82) is 0 Å². The third-order valence-electron chi connectivity index (χ3n) is 1.64. The Balaban J connectivity index is 4.56. The predicted octanol–water partition coefficient (Wildman–Crippen LogP) is 1.09. The first-order valence-corrected chi connectivity index (χ1v) is 4.52. The second-order valence-electron chi connectivity index (χ2n) is 3.37. The van der Waals surface area contributed by atoms with Crippen LogP contribution in [0, 0.1) is 5.92 Å². The molecule has 0 bridgehead atoms. The molecular formula is C10H17O3-. The second kappa shape index (κ2) is 5.62. The number of ether oxygens (including phenoxy) is 1. The predicted molar refractivity (Wildman–Crippen MR) is 48.8 cm³/mol. The van der Waals surface area contributed by atoms with Gasteiger partial charge in [0.15, 0.2) is 0 Å². The molecule has 76 valence electrons. The second-order valence-corrected chi connectivity index (χ2v) is 3.37. The highest BCUT2D eigenvalue weighted by Crippen LogP contribution is 2.15. The van der Waals surface area contributed by atoms with E-state index in [1.54, 1.807) is 0 Å². The summed E-state index contributed by atoms with van der Waals surface area (Å²) in [6.07, 6.45) is 0.646. The lowest BCUT2D eigenvalue weighted by Gasteiger charge is -2.15. The Morgan fingerprint density at radius 3 is 2.31 bits per heavy atom. The van der Waals surface area contributed by atoms with Gasteiger partial charge >= 0.3 is 0 Å². The summed E-state index contributed by atoms with van der Waals surface area (Å²) >= 11 is 0. The van der Waals surface area contributed by atoms with Crippen LogP contribution in [-0.4, -0.2) is 12.6 Å². The van der Waals surface area contributed by atoms with Crippen molar-refractivity contribution < 1.29 is 14.6 Å². The van der Waals surface area contributed by atoms with E-state index in [1.165, 1.54) is 6.92 Å². The van der Waals surface area contributed by atoms with Gasteiger partial charge in [-0.3, -0.25) is 0 Å². The standard InChI is InChI=1S/C10H18O3/c1-5-13-9(6-7(2)3)8(4)10(11)12/h7H,5-6H2,1-4H3,(H,11,12)/p-1/b9-8+. The van der Waals surface area contributed by atoms with Crippen molar-refractivity contribution in [2.24, 2.45) is 5.92 Å². The summed E-state index contributed by atoms with van der Waals surface area (Å²) in [6.45, 7) is 7.88. The minimum Gasteiger partial charge on any atom is -0.545 e. The number of aliphatic carboxylic acids is 1. The Hall–Kier alpha value is -0.990. The summed E-state index contributed by atoms with van der Waals surface area (Å²) in [5, 5.41) is 10.5. The maximum Gasteiger partial charge on any atom is 0.101 e. The van der Waals surface area contributed by atoms with Crippen molar-refractivity contribution in [1.82, 2.24) is 0 Å². The Morgan fingerprint density at radius 1 is 1.46 bits per heavy atom. The number of carboxylic acid groups (broad SMARTS) is 1. The average molecular weight is 185 g/mol. The molecule has 3 nitrogen and oxygen atoms in total. The van der Waals surface area contributed by atoms with Gasteiger partial charge in [-0.05, 0) is 19.8 Å². The number of rotatable bonds is 5. The quantitative estimate of drug-likeness (QED) is 0.476. The van der Waals surface area contributed by atoms with E-state index in [-0.39, 0.29) is 5.57 Å². The lowest BCUT2D eigenvalue weighted by molar-refractivity contribution is -0.299. The van der Waals surface area contributed by atoms with E-state index in [9.17, 15) is 9.90 Å². The molecule has 0 fully saturated rings. The van der Waals surface area contributed by atoms with E-state index >= 15 is 0 Å². The molecule has 0 rings (SSSR count). The molecule has 0 aromatic rings. The van der Waals surface area contributed by atoms with Gasteiger partial charge < -0.3 is 14.6 Å². The lowest BCUT2D eigenvalue weighted by atomic mass is 10.1. The Morgan fingerprint density at radius 2 is 2.00 bits per heavy atom. The fraction of sp³-hybridized carbons (Fsp3) is 0.700. The van der Waals surface area contributed by atoms with Gasteiger partial charge in [0.25, 0.3) is 0 Å². The van der Waals surface area contributed by atoms with Crippen LogP contribution in [0.15, 0.2) is 11.3 Å². The average Bonchev–Trinajstić information content (AvgIpc) is 2.01. The molecular weight excluding hydrogens is 168 g/mol. The molecule has 0 N–H and O–H groups in total. The highest BCUT2D eigenvalue weighted by Gasteiger charge is 2.06. The number of hydrogen-bond donors (Lipinski definition) is 0. The van der Waals surface area contributed by atoms with Gasteiger partial charge in [0, 0.05) is 12.0 Å². The summed E-state index contributed by atoms with van der Waals surface area (Å²) in [6, 6.07) is 0. The first-order chi connectivity index (χ1) is 5.99. The molecule has 0 aliphatic carbocycles. The van der Waals surface area contributed by atoms with Crippen LogP contribution in [-0.2, 0) is 9.53 Å². The van der Waals surface area contributed by atoms with Gasteiger partial charge in [0.1, 0.15) is 5.76 Å². The third-order valence-corrected chi connectivity index (χ3v) is 1.64. The Labute approximate surface area is 79.4 Å². The van der Waals surface area contributed by atoms with Gasteiger partial charge in [-0.25, -0.2) is 0 Å². The molecule has 0 aliphatic heterocycles. The number of carboxylic acids is 1. The summed E-state index contributed by atoms with van der Waals surface area (Å²) in [5.74, 6) is -0.225. The van der Waals surface area contributed by atoms with Crippen LogP contribution < -0.4 is 5.11 Å². The van der Waals surface area contributed by atoms with Gasteiger partial charge in [0.05, 0.1) is 12.6 Å². The van der Waals surface area contributed by atoms with Crippen molar-refractivity contribution in [3.05, 3.63) is 11.3 Å². The first-order valence-electron chi connectivity index (χ1n) is 4.52. The van der Waals surface area contributed by atoms with Gasteiger partial charge in [-0.15, -0.1) is 0 Å². The molecule has 0 atom stereocenters. The molecule has 0 heterocycles. The van der Waals surface area contributed by atoms with Crippen molar-refractivity contribution in [3.63, 3.8) is 0 Å². The van der Waals surface area contributed by atoms with Crippen molar-refractivity contribution in [2.75, 3.05) is 6.61 Å². The molecule has 0 radical (unpaired) electrons. The lowest BCUT2D eigenvalue weighted by Crippen LogP contribution is -2.25. The van der Waals surface area contributed by atoms with E-state index in [1.807, 2.05) is 20.8 Å². The molecule has 0 saturated carbocycles. The summed E-state index contributed by atoms with van der Waals surface area (Å²) < 4.78 is 5.23. The van der Waals surface area contributed by atoms with Crippen LogP contribution >= 0.6 is 0 Å². The highest BCUT2D eigenvalue weighted by molar-refractivity contribution is 5.84. The zero-order valence-electron chi connectivity index (χ0n) is 8.72. The summed E-state index contributed by atoms with van der Waals surface area (Å²) in [4.78, 5) is 10.5. The van der Waals surface area contributed by atoms with Crippen LogP contribution in [0.25, 0.3) is 0 Å². The molecule has 0 amide bonds. The van der Waals surface area contributed by atoms with Gasteiger partial charge in [0.2, 0.25) is 0 Å².